The van der Waals surface area contributed by atoms with Gasteiger partial charge in [-0.2, -0.15) is 4.98 Å². The molecule has 7 amide bonds. The first-order valence-electron chi connectivity index (χ1n) is 29.5. The van der Waals surface area contributed by atoms with Crippen LogP contribution in [0.3, 0.4) is 0 Å². The number of aromatic amines is 1. The number of aryl methyl sites for hydroxylation is 1. The number of rotatable bonds is 38. The number of amides is 7. The fourth-order valence-corrected chi connectivity index (χ4v) is 9.90. The maximum Gasteiger partial charge on any atom is 0.327 e. The molecule has 0 aliphatic carbocycles. The number of nitrogens with one attached hydrogen (secondary N) is 9. The molecule has 19 N–H and O–H groups in total. The topological polar surface area (TPSA) is 570 Å². The number of carboxylic acid groups (broad SMARTS) is 4. The summed E-state index contributed by atoms with van der Waals surface area (Å²) in [6.07, 6.45) is 3.99. The molecule has 514 valence electrons. The predicted molar refractivity (Wildman–Crippen MR) is 351 cm³/mol. The van der Waals surface area contributed by atoms with Crippen LogP contribution in [0.25, 0.3) is 11.2 Å². The molecule has 0 radical (unpaired) electrons. The second-order valence-corrected chi connectivity index (χ2v) is 24.0. The van der Waals surface area contributed by atoms with Crippen LogP contribution in [0, 0.1) is 5.92 Å². The minimum Gasteiger partial charge on any atom is -0.481 e. The Morgan fingerprint density at radius 3 is 1.83 bits per heavy atom. The number of hydrogen-bond donors (Lipinski definition) is 16. The SMILES string of the molecule is CCc1cnc(C(=O)N[C@@H](Cc2ccccc2)C(=O)N[C@H](B=O)CC(C)C)cn1.CSSC[C@H](NC(=O)[C@H](CC(=O)O)NC(=O)[C@H](CCCN=C(N)N)NC(=O)[C@H](CC(=O)O)NC(=O)CC[C@H](NC(=O)c1ccc(NCc2cnc3nc(N)[nH]c(=O)c3n2)cc1)C(=O)O)C(=O)O. The molecule has 96 heavy (non-hydrogen) atoms. The number of nitrogens with two attached hydrogens (primary N) is 3. The van der Waals surface area contributed by atoms with Crippen molar-refractivity contribution in [2.75, 3.05) is 29.6 Å². The molecule has 0 aliphatic heterocycles. The second kappa shape index (κ2) is 39.8. The van der Waals surface area contributed by atoms with E-state index in [-0.39, 0.29) is 71.9 Å². The standard InChI is InChI=1S/C37H48N14O14S2.C21H27BN4O3/c1-66-67-15-23(35(64)65)49-32(60)22(12-26(55)56)48-30(58)19(3-2-10-41-36(38)39)46-31(59)21(11-25(53)54)45-24(52)9-8-20(34(62)63)47-29(57)16-4-6-17(7-5-16)42-13-18-14-43-28-27(44-18)33(61)51-37(40)50-28;1-4-16-12-24-18(13-23-16)21(28)25-17(11-15-8-6-5-7-9-15)20(27)26-19(22-29)10-14(2)3/h4-7,14,19-23,42H,2-3,8-13,15H2,1H3,(H,45,52)(H,46,59)(H,47,57)(H,48,58)(H,49,60)(H,53,54)(H,55,56)(H,62,63)(H,64,65)(H4,38,39,41)(H3,40,43,50,51,61);5-9,12-14,17,19H,4,10-11H2,1-3H3,(H,25,28)(H,26,27)/t19-,20-,21-,22-,23-;17-,19-/m00/s1. The first kappa shape index (κ1) is 77.8. The largest absolute Gasteiger partial charge is 0.481 e. The predicted octanol–water partition coefficient (Wildman–Crippen LogP) is -1.17. The van der Waals surface area contributed by atoms with Gasteiger partial charge >= 0.3 is 195 Å². The molecule has 0 saturated heterocycles. The van der Waals surface area contributed by atoms with Crippen molar-refractivity contribution in [2.24, 2.45) is 22.4 Å². The third-order valence-electron chi connectivity index (χ3n) is 13.4. The van der Waals surface area contributed by atoms with Gasteiger partial charge in [-0.05, 0) is 49.8 Å². The molecule has 0 aliphatic rings. The third-order valence-corrected chi connectivity index (χ3v) is 15.2. The molecule has 7 atom stereocenters. The molecule has 0 saturated carbocycles. The van der Waals surface area contributed by atoms with Crippen LogP contribution < -0.4 is 65.3 Å². The van der Waals surface area contributed by atoms with Gasteiger partial charge in [-0.15, -0.1) is 0 Å². The van der Waals surface area contributed by atoms with E-state index in [0.29, 0.717) is 24.2 Å². The molecule has 5 aromatic rings. The number of carbonyl (C=O) groups is 11. The summed E-state index contributed by atoms with van der Waals surface area (Å²) in [6, 6.07) is 5.81. The summed E-state index contributed by atoms with van der Waals surface area (Å²) >= 11 is 0. The van der Waals surface area contributed by atoms with E-state index in [0.717, 1.165) is 35.6 Å². The summed E-state index contributed by atoms with van der Waals surface area (Å²) in [5, 5.41) is 57.9. The number of carbonyl (C=O) groups excluding carboxylic acids is 7. The fraction of sp³-hybridized carbons (Fsp3) is 0.414. The maximum absolute atomic E-state index is 13.5. The molecule has 0 spiro atoms. The molecule has 0 fully saturated rings. The number of nitrogen functional groups attached to an aromatic ring is 1. The van der Waals surface area contributed by atoms with Crippen LogP contribution in [0.15, 0.2) is 83.0 Å². The van der Waals surface area contributed by atoms with Gasteiger partial charge in [0.15, 0.2) is 17.1 Å². The van der Waals surface area contributed by atoms with Gasteiger partial charge in [0.2, 0.25) is 29.6 Å². The number of H-pyrrole nitrogens is 1. The van der Waals surface area contributed by atoms with E-state index < -0.39 is 139 Å². The third kappa shape index (κ3) is 27.5. The first-order chi connectivity index (χ1) is 45.6. The minimum atomic E-state index is -1.88. The van der Waals surface area contributed by atoms with Crippen LogP contribution >= 0.6 is 21.6 Å². The molecule has 35 nitrogen and oxygen atoms in total. The molecular formula is C58H75BN18O17S2. The number of aliphatic carboxylic acids is 4. The van der Waals surface area contributed by atoms with Gasteiger partial charge in [0, 0.05) is 30.0 Å². The maximum atomic E-state index is 13.5. The summed E-state index contributed by atoms with van der Waals surface area (Å²) in [4.78, 5) is 178. The molecule has 5 rings (SSSR count). The Morgan fingerprint density at radius 1 is 0.667 bits per heavy atom. The zero-order valence-corrected chi connectivity index (χ0v) is 54.1. The van der Waals surface area contributed by atoms with Crippen molar-refractivity contribution in [3.05, 3.63) is 112 Å². The van der Waals surface area contributed by atoms with Crippen molar-refractivity contribution < 1.29 is 77.9 Å². The number of hydrogen-bond acceptors (Lipinski definition) is 23. The van der Waals surface area contributed by atoms with E-state index in [1.807, 2.05) is 51.1 Å². The molecular weight excluding hydrogens is 1300 g/mol. The molecule has 3 heterocycles. The second-order valence-electron chi connectivity index (χ2n) is 21.4. The monoisotopic (exact) mass is 1370 g/mol. The van der Waals surface area contributed by atoms with E-state index in [9.17, 15) is 82.7 Å². The minimum absolute atomic E-state index is 0.0146. The molecule has 2 aromatic carbocycles. The van der Waals surface area contributed by atoms with Crippen LogP contribution in [0.2, 0.25) is 0 Å². The van der Waals surface area contributed by atoms with Crippen molar-refractivity contribution in [3.63, 3.8) is 0 Å². The summed E-state index contributed by atoms with van der Waals surface area (Å²) in [6.45, 7) is 5.93. The zero-order chi connectivity index (χ0) is 71.0. The molecule has 38 heteroatoms. The van der Waals surface area contributed by atoms with Crippen molar-refractivity contribution in [2.45, 2.75) is 127 Å². The van der Waals surface area contributed by atoms with E-state index in [1.165, 1.54) is 47.5 Å². The van der Waals surface area contributed by atoms with Crippen molar-refractivity contribution in [1.29, 1.82) is 0 Å². The Hall–Kier alpha value is -10.7. The molecule has 0 bridgehead atoms. The Morgan fingerprint density at radius 2 is 1.26 bits per heavy atom. The van der Waals surface area contributed by atoms with Crippen molar-refractivity contribution in [3.8, 4) is 0 Å². The van der Waals surface area contributed by atoms with Gasteiger partial charge in [0.25, 0.3) is 11.5 Å². The number of fused-ring (bicyclic) bond motifs is 1. The Labute approximate surface area is 556 Å². The zero-order valence-electron chi connectivity index (χ0n) is 52.4. The average molecular weight is 1370 g/mol. The van der Waals surface area contributed by atoms with Gasteiger partial charge in [-0.3, -0.25) is 48.3 Å². The van der Waals surface area contributed by atoms with Gasteiger partial charge in [-0.1, -0.05) is 21.6 Å². The normalized spacial score (nSPS) is 12.9. The summed E-state index contributed by atoms with van der Waals surface area (Å²) in [5.41, 5.74) is 18.4. The number of benzene rings is 2. The van der Waals surface area contributed by atoms with E-state index in [4.69, 9.17) is 17.2 Å². The van der Waals surface area contributed by atoms with Gasteiger partial charge in [0.05, 0.1) is 31.3 Å². The number of guanidine groups is 1. The fourth-order valence-electron chi connectivity index (χ4n) is 8.58. The van der Waals surface area contributed by atoms with E-state index in [2.05, 4.69) is 77.4 Å². The van der Waals surface area contributed by atoms with Gasteiger partial charge in [-0.25, -0.2) is 19.6 Å². The van der Waals surface area contributed by atoms with Crippen LogP contribution in [0.4, 0.5) is 11.6 Å². The molecule has 0 unspecified atom stereocenters. The van der Waals surface area contributed by atoms with Gasteiger partial charge < -0.3 is 69.5 Å². The number of carboxylic acids is 4. The van der Waals surface area contributed by atoms with Crippen LogP contribution in [-0.4, -0.2) is 189 Å². The first-order valence-corrected chi connectivity index (χ1v) is 32.2. The molecule has 3 aromatic heterocycles. The smallest absolute Gasteiger partial charge is 0.327 e. The number of anilines is 2. The summed E-state index contributed by atoms with van der Waals surface area (Å²) in [7, 11) is 3.01. The Balaban J connectivity index is 0.000000560. The Bertz CT molecular complexity index is 3630. The van der Waals surface area contributed by atoms with Crippen molar-refractivity contribution >= 4 is 123 Å². The van der Waals surface area contributed by atoms with Crippen LogP contribution in [0.1, 0.15) is 104 Å². The van der Waals surface area contributed by atoms with Gasteiger partial charge in [0.1, 0.15) is 30.2 Å². The van der Waals surface area contributed by atoms with E-state index >= 15 is 0 Å². The quantitative estimate of drug-likeness (QED) is 0.00728. The van der Waals surface area contributed by atoms with Crippen LogP contribution in [0.5, 0.6) is 0 Å². The van der Waals surface area contributed by atoms with E-state index in [1.54, 1.807) is 12.5 Å². The number of aliphatic imine (C=N–C) groups is 1. The van der Waals surface area contributed by atoms with Crippen molar-refractivity contribution in [1.82, 2.24) is 67.1 Å². The summed E-state index contributed by atoms with van der Waals surface area (Å²) in [5.74, 6) is -13.3. The number of nitrogens with zero attached hydrogens (tertiary/aromatic N) is 6. The number of aromatic nitrogens is 6. The average Bonchev–Trinajstić information content (AvgIpc) is 0.835. The van der Waals surface area contributed by atoms with Crippen LogP contribution in [-0.2, 0) is 67.2 Å². The Kier molecular flexibility index (Phi) is 32.2. The summed E-state index contributed by atoms with van der Waals surface area (Å²) < 4.78 is 11.3.